The summed E-state index contributed by atoms with van der Waals surface area (Å²) in [6.45, 7) is 11.9. The van der Waals surface area contributed by atoms with E-state index >= 15 is 0 Å². The smallest absolute Gasteiger partial charge is 0.0367 e. The van der Waals surface area contributed by atoms with Crippen LogP contribution in [-0.4, -0.2) is 87.2 Å². The molecule has 2 aliphatic rings. The SMILES string of the molecule is CN1CCN2CCN(CC1)CCN(c1ccccc1)CC2. The predicted octanol–water partition coefficient (Wildman–Crippen LogP) is 1.06. The summed E-state index contributed by atoms with van der Waals surface area (Å²) >= 11 is 0. The second-order valence-corrected chi connectivity index (χ2v) is 6.31. The molecule has 2 atom stereocenters. The molecule has 0 aromatic heterocycles. The molecule has 0 N–H and O–H groups in total. The fourth-order valence-corrected chi connectivity index (χ4v) is 3.22. The van der Waals surface area contributed by atoms with E-state index in [9.17, 15) is 0 Å². The highest BCUT2D eigenvalue weighted by atomic mass is 15.3. The molecule has 21 heavy (non-hydrogen) atoms. The van der Waals surface area contributed by atoms with Crippen molar-refractivity contribution in [3.05, 3.63) is 30.3 Å². The molecule has 0 amide bonds. The van der Waals surface area contributed by atoms with Gasteiger partial charge in [-0.25, -0.2) is 0 Å². The van der Waals surface area contributed by atoms with Gasteiger partial charge < -0.3 is 9.80 Å². The van der Waals surface area contributed by atoms with Crippen LogP contribution in [0.2, 0.25) is 0 Å². The van der Waals surface area contributed by atoms with Crippen molar-refractivity contribution in [3.63, 3.8) is 0 Å². The van der Waals surface area contributed by atoms with E-state index in [1.165, 1.54) is 58.0 Å². The summed E-state index contributed by atoms with van der Waals surface area (Å²) in [7, 11) is 2.25. The second-order valence-electron chi connectivity index (χ2n) is 6.31. The van der Waals surface area contributed by atoms with E-state index in [1.807, 2.05) is 0 Å². The normalized spacial score (nSPS) is 28.9. The Hall–Kier alpha value is -1.10. The molecule has 116 valence electrons. The van der Waals surface area contributed by atoms with Gasteiger partial charge in [-0.1, -0.05) is 18.2 Å². The van der Waals surface area contributed by atoms with Crippen LogP contribution >= 0.6 is 0 Å². The molecule has 2 unspecified atom stereocenters. The van der Waals surface area contributed by atoms with E-state index in [1.54, 1.807) is 0 Å². The topological polar surface area (TPSA) is 13.0 Å². The Morgan fingerprint density at radius 1 is 0.619 bits per heavy atom. The van der Waals surface area contributed by atoms with E-state index in [0.29, 0.717) is 0 Å². The number of fused-ring (bicyclic) bond motifs is 3. The van der Waals surface area contributed by atoms with Gasteiger partial charge >= 0.3 is 0 Å². The number of nitrogens with zero attached hydrogens (tertiary/aromatic N) is 4. The highest BCUT2D eigenvalue weighted by Gasteiger charge is 2.18. The van der Waals surface area contributed by atoms with Gasteiger partial charge in [0, 0.05) is 71.1 Å². The Morgan fingerprint density at radius 2 is 1.10 bits per heavy atom. The fraction of sp³-hybridized carbons (Fsp3) is 0.647. The summed E-state index contributed by atoms with van der Waals surface area (Å²) in [6, 6.07) is 10.9. The largest absolute Gasteiger partial charge is 0.369 e. The molecule has 2 fully saturated rings. The lowest BCUT2D eigenvalue weighted by Gasteiger charge is -2.30. The molecule has 0 aliphatic carbocycles. The highest BCUT2D eigenvalue weighted by molar-refractivity contribution is 5.46. The van der Waals surface area contributed by atoms with Crippen LogP contribution < -0.4 is 4.90 Å². The molecule has 2 aliphatic heterocycles. The molecule has 3 rings (SSSR count). The van der Waals surface area contributed by atoms with Gasteiger partial charge in [0.2, 0.25) is 0 Å². The van der Waals surface area contributed by atoms with Gasteiger partial charge in [0.15, 0.2) is 0 Å². The van der Waals surface area contributed by atoms with Gasteiger partial charge in [-0.05, 0) is 19.2 Å². The van der Waals surface area contributed by atoms with Crippen molar-refractivity contribution in [2.24, 2.45) is 0 Å². The van der Waals surface area contributed by atoms with Gasteiger partial charge in [0.25, 0.3) is 0 Å². The van der Waals surface area contributed by atoms with E-state index in [-0.39, 0.29) is 0 Å². The maximum Gasteiger partial charge on any atom is 0.0367 e. The summed E-state index contributed by atoms with van der Waals surface area (Å²) in [5.74, 6) is 0. The third kappa shape index (κ3) is 4.19. The number of benzene rings is 1. The number of likely N-dealkylation sites (N-methyl/N-ethyl adjacent to an activating group) is 1. The Bertz CT molecular complexity index is 402. The zero-order valence-electron chi connectivity index (χ0n) is 13.2. The van der Waals surface area contributed by atoms with Crippen molar-refractivity contribution in [2.45, 2.75) is 0 Å². The van der Waals surface area contributed by atoms with E-state index < -0.39 is 0 Å². The molecule has 0 saturated carbocycles. The molecule has 4 nitrogen and oxygen atoms in total. The summed E-state index contributed by atoms with van der Waals surface area (Å²) in [6.07, 6.45) is 0. The van der Waals surface area contributed by atoms with Crippen molar-refractivity contribution in [2.75, 3.05) is 77.4 Å². The summed E-state index contributed by atoms with van der Waals surface area (Å²) in [5, 5.41) is 0. The van der Waals surface area contributed by atoms with Crippen LogP contribution in [-0.2, 0) is 0 Å². The third-order valence-electron chi connectivity index (χ3n) is 4.82. The van der Waals surface area contributed by atoms with Crippen LogP contribution in [0, 0.1) is 0 Å². The lowest BCUT2D eigenvalue weighted by Crippen LogP contribution is -2.41. The standard InChI is InChI=1S/C17H28N4/c1-18-7-9-19-11-12-20(10-8-18)14-16-21(15-13-19)17-5-3-2-4-6-17/h2-6H,7-16H2,1H3. The van der Waals surface area contributed by atoms with Gasteiger partial charge in [-0.2, -0.15) is 0 Å². The Labute approximate surface area is 128 Å². The van der Waals surface area contributed by atoms with Crippen molar-refractivity contribution in [3.8, 4) is 0 Å². The van der Waals surface area contributed by atoms with E-state index in [4.69, 9.17) is 0 Å². The number of rotatable bonds is 1. The minimum absolute atomic E-state index is 1.14. The average Bonchev–Trinajstić information content (AvgIpc) is 2.67. The van der Waals surface area contributed by atoms with Crippen LogP contribution in [0.1, 0.15) is 0 Å². The molecule has 1 aromatic rings. The molecule has 2 saturated heterocycles. The quantitative estimate of drug-likeness (QED) is 0.766. The van der Waals surface area contributed by atoms with E-state index in [0.717, 1.165) is 13.1 Å². The lowest BCUT2D eigenvalue weighted by atomic mass is 10.2. The number of hydrogen-bond donors (Lipinski definition) is 0. The minimum Gasteiger partial charge on any atom is -0.369 e. The van der Waals surface area contributed by atoms with Crippen LogP contribution in [0.25, 0.3) is 0 Å². The zero-order valence-corrected chi connectivity index (χ0v) is 13.2. The molecular weight excluding hydrogens is 260 g/mol. The molecule has 0 spiro atoms. The first-order chi connectivity index (χ1) is 10.3. The summed E-state index contributed by atoms with van der Waals surface area (Å²) < 4.78 is 0. The first kappa shape index (κ1) is 14.8. The van der Waals surface area contributed by atoms with Crippen molar-refractivity contribution in [1.82, 2.24) is 14.7 Å². The summed E-state index contributed by atoms with van der Waals surface area (Å²) in [5.41, 5.74) is 1.37. The highest BCUT2D eigenvalue weighted by Crippen LogP contribution is 2.14. The van der Waals surface area contributed by atoms with Crippen LogP contribution in [0.15, 0.2) is 30.3 Å². The minimum atomic E-state index is 1.14. The molecule has 2 heterocycles. The maximum atomic E-state index is 2.64. The van der Waals surface area contributed by atoms with Gasteiger partial charge in [0.1, 0.15) is 0 Å². The molecule has 1 aromatic carbocycles. The Balaban J connectivity index is 1.72. The fourth-order valence-electron chi connectivity index (χ4n) is 3.22. The van der Waals surface area contributed by atoms with Gasteiger partial charge in [-0.15, -0.1) is 0 Å². The van der Waals surface area contributed by atoms with Crippen molar-refractivity contribution >= 4 is 5.69 Å². The number of hydrogen-bond acceptors (Lipinski definition) is 4. The third-order valence-corrected chi connectivity index (χ3v) is 4.82. The van der Waals surface area contributed by atoms with Gasteiger partial charge in [0.05, 0.1) is 0 Å². The van der Waals surface area contributed by atoms with Crippen molar-refractivity contribution < 1.29 is 0 Å². The average molecular weight is 288 g/mol. The first-order valence-corrected chi connectivity index (χ1v) is 8.24. The van der Waals surface area contributed by atoms with Crippen LogP contribution in [0.3, 0.4) is 0 Å². The molecular formula is C17H28N4. The molecule has 4 heteroatoms. The summed E-state index contributed by atoms with van der Waals surface area (Å²) in [4.78, 5) is 10.3. The Morgan fingerprint density at radius 3 is 1.67 bits per heavy atom. The van der Waals surface area contributed by atoms with E-state index in [2.05, 4.69) is 57.0 Å². The lowest BCUT2D eigenvalue weighted by molar-refractivity contribution is 0.237. The molecule has 0 radical (unpaired) electrons. The van der Waals surface area contributed by atoms with Crippen LogP contribution in [0.5, 0.6) is 0 Å². The predicted molar refractivity (Wildman–Crippen MR) is 89.0 cm³/mol. The van der Waals surface area contributed by atoms with Crippen LogP contribution in [0.4, 0.5) is 5.69 Å². The Kier molecular flexibility index (Phi) is 5.12. The second kappa shape index (κ2) is 7.25. The number of anilines is 1. The first-order valence-electron chi connectivity index (χ1n) is 8.24. The maximum absolute atomic E-state index is 2.64. The van der Waals surface area contributed by atoms with Crippen molar-refractivity contribution in [1.29, 1.82) is 0 Å². The monoisotopic (exact) mass is 288 g/mol. The van der Waals surface area contributed by atoms with Gasteiger partial charge in [-0.3, -0.25) is 9.80 Å². The number of para-hydroxylation sites is 1. The molecule has 2 bridgehead atoms. The zero-order chi connectivity index (χ0) is 14.5.